The van der Waals surface area contributed by atoms with E-state index in [0.717, 1.165) is 16.7 Å². The van der Waals surface area contributed by atoms with Crippen LogP contribution in [0.4, 0.5) is 4.79 Å². The summed E-state index contributed by atoms with van der Waals surface area (Å²) in [6.07, 6.45) is -0.561. The first kappa shape index (κ1) is 26.5. The molecule has 10 nitrogen and oxygen atoms in total. The van der Waals surface area contributed by atoms with Crippen LogP contribution >= 0.6 is 0 Å². The van der Waals surface area contributed by atoms with E-state index in [1.54, 1.807) is 33.9 Å². The van der Waals surface area contributed by atoms with Gasteiger partial charge in [-0.1, -0.05) is 30.3 Å². The molecule has 0 unspecified atom stereocenters. The zero-order chi connectivity index (χ0) is 26.5. The summed E-state index contributed by atoms with van der Waals surface area (Å²) in [6, 6.07) is 13.1. The Kier molecular flexibility index (Phi) is 8.17. The summed E-state index contributed by atoms with van der Waals surface area (Å²) in [6.45, 7) is 4.76. The summed E-state index contributed by atoms with van der Waals surface area (Å²) >= 11 is 0. The number of hydrogen-bond donors (Lipinski definition) is 3. The van der Waals surface area contributed by atoms with Crippen molar-refractivity contribution in [2.45, 2.75) is 51.3 Å². The average Bonchev–Trinajstić information content (AvgIpc) is 3.10. The third-order valence-corrected chi connectivity index (χ3v) is 5.42. The molecule has 1 heterocycles. The Labute approximate surface area is 208 Å². The number of nitrogens with zero attached hydrogens (tertiary/aromatic N) is 2. The van der Waals surface area contributed by atoms with Gasteiger partial charge in [0.25, 0.3) is 0 Å². The summed E-state index contributed by atoms with van der Waals surface area (Å²) in [5.74, 6) is -1.01. The highest BCUT2D eigenvalue weighted by atomic mass is 16.6. The van der Waals surface area contributed by atoms with E-state index in [4.69, 9.17) is 9.15 Å². The third kappa shape index (κ3) is 6.73. The standard InChI is InChI=1S/C26H30N4O6/c1-26(2,3)36-24(33)29-20(11-12-31)23(32)28-19(15-27)13-16-5-7-17(8-6-16)18-9-10-22-21(14-18)30(4)25(34)35-22/h5-10,14,19-20,31H,11-13H2,1-4H3,(H,28,32)(H,29,33)/t19-,20+/m0/s1. The van der Waals surface area contributed by atoms with Gasteiger partial charge in [0, 0.05) is 20.1 Å². The first-order valence-electron chi connectivity index (χ1n) is 11.5. The number of carbonyl (C=O) groups is 2. The van der Waals surface area contributed by atoms with Crippen LogP contribution in [0.15, 0.2) is 51.7 Å². The second kappa shape index (κ2) is 11.1. The van der Waals surface area contributed by atoms with Crippen molar-refractivity contribution in [3.8, 4) is 17.2 Å². The molecule has 0 aliphatic rings. The monoisotopic (exact) mass is 494 g/mol. The van der Waals surface area contributed by atoms with Gasteiger partial charge in [-0.2, -0.15) is 5.26 Å². The fourth-order valence-corrected chi connectivity index (χ4v) is 3.62. The van der Waals surface area contributed by atoms with Crippen molar-refractivity contribution in [1.82, 2.24) is 15.2 Å². The summed E-state index contributed by atoms with van der Waals surface area (Å²) in [5.41, 5.74) is 3.09. The van der Waals surface area contributed by atoms with E-state index >= 15 is 0 Å². The number of aryl methyl sites for hydroxylation is 1. The molecule has 0 saturated heterocycles. The summed E-state index contributed by atoms with van der Waals surface area (Å²) in [5, 5.41) is 23.9. The lowest BCUT2D eigenvalue weighted by Crippen LogP contribution is -2.51. The number of nitrogens with one attached hydrogen (secondary N) is 2. The van der Waals surface area contributed by atoms with E-state index in [9.17, 15) is 24.8 Å². The van der Waals surface area contributed by atoms with Crippen LogP contribution in [0.1, 0.15) is 32.8 Å². The second-order valence-electron chi connectivity index (χ2n) is 9.41. The van der Waals surface area contributed by atoms with Crippen LogP contribution in [0.2, 0.25) is 0 Å². The number of benzene rings is 2. The van der Waals surface area contributed by atoms with Crippen molar-refractivity contribution in [3.05, 3.63) is 58.6 Å². The van der Waals surface area contributed by atoms with Crippen LogP contribution in [-0.2, 0) is 23.0 Å². The fraction of sp³-hybridized carbons (Fsp3) is 0.385. The lowest BCUT2D eigenvalue weighted by atomic mass is 10.0. The minimum Gasteiger partial charge on any atom is -0.444 e. The fourth-order valence-electron chi connectivity index (χ4n) is 3.62. The van der Waals surface area contributed by atoms with Crippen molar-refractivity contribution in [1.29, 1.82) is 5.26 Å². The highest BCUT2D eigenvalue weighted by Gasteiger charge is 2.25. The number of oxazole rings is 1. The Hall–Kier alpha value is -4.10. The molecule has 0 aliphatic heterocycles. The number of ether oxygens (including phenoxy) is 1. The molecular formula is C26H30N4O6. The van der Waals surface area contributed by atoms with Crippen molar-refractivity contribution >= 4 is 23.1 Å². The predicted molar refractivity (Wildman–Crippen MR) is 133 cm³/mol. The lowest BCUT2D eigenvalue weighted by molar-refractivity contribution is -0.124. The van der Waals surface area contributed by atoms with E-state index in [0.29, 0.717) is 11.1 Å². The molecule has 1 aromatic heterocycles. The number of aromatic nitrogens is 1. The highest BCUT2D eigenvalue weighted by Crippen LogP contribution is 2.24. The van der Waals surface area contributed by atoms with Gasteiger partial charge < -0.3 is 24.9 Å². The van der Waals surface area contributed by atoms with Crippen LogP contribution in [-0.4, -0.2) is 46.0 Å². The van der Waals surface area contributed by atoms with Crippen molar-refractivity contribution in [2.75, 3.05) is 6.61 Å². The average molecular weight is 495 g/mol. The van der Waals surface area contributed by atoms with Crippen molar-refractivity contribution in [3.63, 3.8) is 0 Å². The molecule has 3 aromatic rings. The SMILES string of the molecule is Cn1c(=O)oc2ccc(-c3ccc(C[C@@H](C#N)NC(=O)[C@@H](CCO)NC(=O)OC(C)(C)C)cc3)cc21. The molecule has 0 bridgehead atoms. The minimum absolute atomic E-state index is 0.0233. The minimum atomic E-state index is -1.04. The maximum atomic E-state index is 12.7. The summed E-state index contributed by atoms with van der Waals surface area (Å²) in [4.78, 5) is 36.5. The number of hydrogen-bond acceptors (Lipinski definition) is 7. The topological polar surface area (TPSA) is 147 Å². The molecule has 0 spiro atoms. The Morgan fingerprint density at radius 3 is 2.42 bits per heavy atom. The molecule has 0 saturated carbocycles. The maximum absolute atomic E-state index is 12.7. The van der Waals surface area contributed by atoms with Gasteiger partial charge in [0.1, 0.15) is 17.7 Å². The maximum Gasteiger partial charge on any atom is 0.419 e. The molecule has 10 heteroatoms. The number of amides is 2. The van der Waals surface area contributed by atoms with Gasteiger partial charge in [0.05, 0.1) is 11.6 Å². The quantitative estimate of drug-likeness (QED) is 0.436. The molecule has 0 radical (unpaired) electrons. The number of fused-ring (bicyclic) bond motifs is 1. The zero-order valence-electron chi connectivity index (χ0n) is 20.7. The van der Waals surface area contributed by atoms with Crippen LogP contribution in [0, 0.1) is 11.3 Å². The van der Waals surface area contributed by atoms with E-state index in [1.807, 2.05) is 36.4 Å². The van der Waals surface area contributed by atoms with E-state index in [1.165, 1.54) is 4.57 Å². The van der Waals surface area contributed by atoms with Crippen LogP contribution in [0.5, 0.6) is 0 Å². The molecule has 3 rings (SSSR count). The smallest absolute Gasteiger partial charge is 0.419 e. The van der Waals surface area contributed by atoms with Gasteiger partial charge in [0.2, 0.25) is 5.91 Å². The molecule has 190 valence electrons. The number of nitriles is 1. The summed E-state index contributed by atoms with van der Waals surface area (Å²) < 4.78 is 11.8. The molecule has 3 N–H and O–H groups in total. The first-order chi connectivity index (χ1) is 17.0. The van der Waals surface area contributed by atoms with Crippen LogP contribution < -0.4 is 16.4 Å². The molecule has 2 amide bonds. The number of rotatable bonds is 8. The molecule has 2 atom stereocenters. The first-order valence-corrected chi connectivity index (χ1v) is 11.5. The number of aliphatic hydroxyl groups excluding tert-OH is 1. The van der Waals surface area contributed by atoms with Gasteiger partial charge in [0.15, 0.2) is 5.58 Å². The van der Waals surface area contributed by atoms with Crippen molar-refractivity contribution in [2.24, 2.45) is 7.05 Å². The molecule has 2 aromatic carbocycles. The Morgan fingerprint density at radius 1 is 1.14 bits per heavy atom. The second-order valence-corrected chi connectivity index (χ2v) is 9.41. The van der Waals surface area contributed by atoms with Gasteiger partial charge in [-0.3, -0.25) is 9.36 Å². The predicted octanol–water partition coefficient (Wildman–Crippen LogP) is 2.63. The lowest BCUT2D eigenvalue weighted by Gasteiger charge is -2.23. The molecule has 0 fully saturated rings. The number of carbonyl (C=O) groups excluding carboxylic acids is 2. The van der Waals surface area contributed by atoms with Crippen LogP contribution in [0.3, 0.4) is 0 Å². The molecular weight excluding hydrogens is 464 g/mol. The molecule has 36 heavy (non-hydrogen) atoms. The summed E-state index contributed by atoms with van der Waals surface area (Å²) in [7, 11) is 1.64. The Morgan fingerprint density at radius 2 is 1.81 bits per heavy atom. The van der Waals surface area contributed by atoms with E-state index in [2.05, 4.69) is 16.7 Å². The van der Waals surface area contributed by atoms with Crippen molar-refractivity contribution < 1.29 is 23.8 Å². The number of aliphatic hydroxyl groups is 1. The third-order valence-electron chi connectivity index (χ3n) is 5.42. The van der Waals surface area contributed by atoms with Gasteiger partial charge in [-0.25, -0.2) is 9.59 Å². The Bertz CT molecular complexity index is 1330. The van der Waals surface area contributed by atoms with E-state index in [-0.39, 0.29) is 19.4 Å². The Balaban J connectivity index is 1.66. The zero-order valence-corrected chi connectivity index (χ0v) is 20.7. The van der Waals surface area contributed by atoms with Gasteiger partial charge in [-0.15, -0.1) is 0 Å². The van der Waals surface area contributed by atoms with Gasteiger partial charge >= 0.3 is 11.8 Å². The molecule has 0 aliphatic carbocycles. The normalized spacial score (nSPS) is 13.0. The highest BCUT2D eigenvalue weighted by molar-refractivity contribution is 5.86. The van der Waals surface area contributed by atoms with Crippen LogP contribution in [0.25, 0.3) is 22.2 Å². The largest absolute Gasteiger partial charge is 0.444 e. The number of alkyl carbamates (subject to hydrolysis) is 1. The van der Waals surface area contributed by atoms with Gasteiger partial charge in [-0.05, 0) is 56.0 Å². The van der Waals surface area contributed by atoms with E-state index < -0.39 is 35.4 Å².